The number of hydrogen-bond acceptors (Lipinski definition) is 2. The Morgan fingerprint density at radius 3 is 2.23 bits per heavy atom. The van der Waals surface area contributed by atoms with Gasteiger partial charge in [-0.05, 0) is 36.8 Å². The molecule has 0 aliphatic carbocycles. The summed E-state index contributed by atoms with van der Waals surface area (Å²) in [5, 5.41) is 3.71. The predicted octanol–water partition coefficient (Wildman–Crippen LogP) is 5.11. The lowest BCUT2D eigenvalue weighted by Crippen LogP contribution is -2.50. The molecule has 2 aromatic rings. The van der Waals surface area contributed by atoms with Crippen LogP contribution in [0.3, 0.4) is 0 Å². The molecule has 1 N–H and O–H groups in total. The number of nitrogens with zero attached hydrogens (tertiary/aromatic N) is 2. The summed E-state index contributed by atoms with van der Waals surface area (Å²) in [4.78, 5) is 7.01. The van der Waals surface area contributed by atoms with Crippen molar-refractivity contribution in [1.82, 2.24) is 10.2 Å². The molecule has 0 bridgehead atoms. The van der Waals surface area contributed by atoms with Crippen LogP contribution in [0, 0.1) is 0 Å². The Labute approximate surface area is 203 Å². The fraction of sp³-hybridized carbons (Fsp3) is 0.423. The minimum Gasteiger partial charge on any atom is -0.381 e. The lowest BCUT2D eigenvalue weighted by Gasteiger charge is -2.39. The minimum absolute atomic E-state index is 0. The van der Waals surface area contributed by atoms with E-state index in [4.69, 9.17) is 4.74 Å². The van der Waals surface area contributed by atoms with Crippen molar-refractivity contribution in [2.75, 3.05) is 39.9 Å². The van der Waals surface area contributed by atoms with Gasteiger partial charge < -0.3 is 15.0 Å². The first-order chi connectivity index (χ1) is 14.8. The summed E-state index contributed by atoms with van der Waals surface area (Å²) < 4.78 is 5.68. The van der Waals surface area contributed by atoms with E-state index in [1.165, 1.54) is 16.7 Å². The summed E-state index contributed by atoms with van der Waals surface area (Å²) in [5.41, 5.74) is 4.35. The zero-order chi connectivity index (χ0) is 20.7. The van der Waals surface area contributed by atoms with E-state index in [-0.39, 0.29) is 29.4 Å². The molecule has 0 saturated carbocycles. The number of rotatable bonds is 4. The van der Waals surface area contributed by atoms with Crippen LogP contribution < -0.4 is 5.32 Å². The summed E-state index contributed by atoms with van der Waals surface area (Å²) in [6, 6.07) is 21.5. The van der Waals surface area contributed by atoms with Crippen molar-refractivity contribution in [1.29, 1.82) is 0 Å². The van der Waals surface area contributed by atoms with Crippen molar-refractivity contribution in [2.45, 2.75) is 31.1 Å². The standard InChI is InChI=1S/C26H33N3O.HI/c1-27-25(29-16-12-23(13-17-29)20-22-8-4-2-5-9-22)28-21-26(14-18-30-19-15-26)24-10-6-3-7-11-24;/h2-11,20H,12-19,21H2,1H3,(H,27,28);1H. The van der Waals surface area contributed by atoms with Crippen LogP contribution in [-0.4, -0.2) is 50.8 Å². The number of piperidine rings is 1. The summed E-state index contributed by atoms with van der Waals surface area (Å²) in [6.45, 7) is 4.58. The number of hydrogen-bond donors (Lipinski definition) is 1. The molecule has 2 aliphatic heterocycles. The van der Waals surface area contributed by atoms with Gasteiger partial charge in [0.25, 0.3) is 0 Å². The average Bonchev–Trinajstić information content (AvgIpc) is 2.82. The third-order valence-electron chi connectivity index (χ3n) is 6.51. The lowest BCUT2D eigenvalue weighted by molar-refractivity contribution is 0.0511. The van der Waals surface area contributed by atoms with Crippen LogP contribution >= 0.6 is 24.0 Å². The third kappa shape index (κ3) is 6.10. The van der Waals surface area contributed by atoms with Crippen LogP contribution in [0.15, 0.2) is 71.2 Å². The molecule has 2 aromatic carbocycles. The van der Waals surface area contributed by atoms with E-state index in [2.05, 4.69) is 81.9 Å². The number of likely N-dealkylation sites (tertiary alicyclic amines) is 1. The Morgan fingerprint density at radius 1 is 1.00 bits per heavy atom. The summed E-state index contributed by atoms with van der Waals surface area (Å²) in [5.74, 6) is 1.02. The van der Waals surface area contributed by atoms with Crippen LogP contribution in [0.5, 0.6) is 0 Å². The van der Waals surface area contributed by atoms with Crippen molar-refractivity contribution in [3.05, 3.63) is 77.4 Å². The molecule has 4 rings (SSSR count). The SMILES string of the molecule is CN=C(NCC1(c2ccccc2)CCOCC1)N1CCC(=Cc2ccccc2)CC1.I. The van der Waals surface area contributed by atoms with Crippen molar-refractivity contribution in [2.24, 2.45) is 4.99 Å². The molecular formula is C26H34IN3O. The zero-order valence-corrected chi connectivity index (χ0v) is 20.8. The second-order valence-electron chi connectivity index (χ2n) is 8.36. The van der Waals surface area contributed by atoms with Gasteiger partial charge in [0.1, 0.15) is 0 Å². The Morgan fingerprint density at radius 2 is 1.61 bits per heavy atom. The molecule has 31 heavy (non-hydrogen) atoms. The first-order valence-electron chi connectivity index (χ1n) is 11.1. The van der Waals surface area contributed by atoms with Gasteiger partial charge in [-0.2, -0.15) is 0 Å². The molecule has 5 heteroatoms. The first-order valence-corrected chi connectivity index (χ1v) is 11.1. The maximum absolute atomic E-state index is 5.68. The molecule has 2 saturated heterocycles. The number of halogens is 1. The van der Waals surface area contributed by atoms with Gasteiger partial charge in [-0.1, -0.05) is 72.3 Å². The van der Waals surface area contributed by atoms with Crippen LogP contribution in [0.2, 0.25) is 0 Å². The maximum Gasteiger partial charge on any atom is 0.193 e. The summed E-state index contributed by atoms with van der Waals surface area (Å²) >= 11 is 0. The molecule has 2 heterocycles. The van der Waals surface area contributed by atoms with E-state index in [1.807, 2.05) is 7.05 Å². The van der Waals surface area contributed by atoms with E-state index in [0.29, 0.717) is 0 Å². The number of benzene rings is 2. The highest BCUT2D eigenvalue weighted by Crippen LogP contribution is 2.34. The fourth-order valence-corrected chi connectivity index (χ4v) is 4.64. The van der Waals surface area contributed by atoms with Crippen LogP contribution in [0.1, 0.15) is 36.8 Å². The smallest absolute Gasteiger partial charge is 0.193 e. The Hall–Kier alpha value is -1.86. The molecule has 0 atom stereocenters. The molecule has 2 aliphatic rings. The minimum atomic E-state index is 0. The highest BCUT2D eigenvalue weighted by Gasteiger charge is 2.35. The lowest BCUT2D eigenvalue weighted by atomic mass is 9.74. The topological polar surface area (TPSA) is 36.9 Å². The molecule has 0 amide bonds. The Kier molecular flexibility index (Phi) is 8.96. The highest BCUT2D eigenvalue weighted by molar-refractivity contribution is 14.0. The number of ether oxygens (including phenoxy) is 1. The average molecular weight is 531 g/mol. The van der Waals surface area contributed by atoms with Crippen LogP contribution in [0.25, 0.3) is 6.08 Å². The quantitative estimate of drug-likeness (QED) is 0.339. The molecule has 0 spiro atoms. The van der Waals surface area contributed by atoms with Gasteiger partial charge in [-0.15, -0.1) is 24.0 Å². The van der Waals surface area contributed by atoms with Gasteiger partial charge in [0.05, 0.1) is 0 Å². The monoisotopic (exact) mass is 531 g/mol. The van der Waals surface area contributed by atoms with Gasteiger partial charge in [-0.3, -0.25) is 4.99 Å². The van der Waals surface area contributed by atoms with Crippen LogP contribution in [0.4, 0.5) is 0 Å². The van der Waals surface area contributed by atoms with Gasteiger partial charge in [0.2, 0.25) is 0 Å². The van der Waals surface area contributed by atoms with Gasteiger partial charge in [-0.25, -0.2) is 0 Å². The Bertz CT molecular complexity index is 851. The summed E-state index contributed by atoms with van der Waals surface area (Å²) in [6.07, 6.45) is 6.62. The molecular weight excluding hydrogens is 497 g/mol. The van der Waals surface area contributed by atoms with E-state index in [0.717, 1.165) is 64.5 Å². The molecule has 2 fully saturated rings. The molecule has 166 valence electrons. The maximum atomic E-state index is 5.68. The molecule has 4 nitrogen and oxygen atoms in total. The Balaban J connectivity index is 0.00000272. The van der Waals surface area contributed by atoms with Crippen molar-refractivity contribution < 1.29 is 4.74 Å². The largest absolute Gasteiger partial charge is 0.381 e. The van der Waals surface area contributed by atoms with Crippen molar-refractivity contribution in [3.63, 3.8) is 0 Å². The van der Waals surface area contributed by atoms with E-state index in [1.54, 1.807) is 0 Å². The first kappa shape index (κ1) is 23.8. The molecule has 0 aromatic heterocycles. The van der Waals surface area contributed by atoms with Gasteiger partial charge >= 0.3 is 0 Å². The number of guanidine groups is 1. The fourth-order valence-electron chi connectivity index (χ4n) is 4.64. The second kappa shape index (κ2) is 11.7. The second-order valence-corrected chi connectivity index (χ2v) is 8.36. The molecule has 0 radical (unpaired) electrons. The van der Waals surface area contributed by atoms with E-state index >= 15 is 0 Å². The highest BCUT2D eigenvalue weighted by atomic mass is 127. The van der Waals surface area contributed by atoms with E-state index in [9.17, 15) is 0 Å². The number of aliphatic imine (C=N–C) groups is 1. The number of nitrogens with one attached hydrogen (secondary N) is 1. The zero-order valence-electron chi connectivity index (χ0n) is 18.4. The van der Waals surface area contributed by atoms with Gasteiger partial charge in [0.15, 0.2) is 5.96 Å². The van der Waals surface area contributed by atoms with Gasteiger partial charge in [0, 0.05) is 45.3 Å². The van der Waals surface area contributed by atoms with E-state index < -0.39 is 0 Å². The summed E-state index contributed by atoms with van der Waals surface area (Å²) in [7, 11) is 1.90. The third-order valence-corrected chi connectivity index (χ3v) is 6.51. The van der Waals surface area contributed by atoms with Crippen LogP contribution in [-0.2, 0) is 10.2 Å². The normalized spacial score (nSPS) is 18.8. The predicted molar refractivity (Wildman–Crippen MR) is 140 cm³/mol. The van der Waals surface area contributed by atoms with Crippen molar-refractivity contribution in [3.8, 4) is 0 Å². The molecule has 0 unspecified atom stereocenters. The van der Waals surface area contributed by atoms with Crippen molar-refractivity contribution >= 4 is 36.0 Å².